The summed E-state index contributed by atoms with van der Waals surface area (Å²) in [5.74, 6) is 0.636. The van der Waals surface area contributed by atoms with Crippen LogP contribution in [0.3, 0.4) is 0 Å². The van der Waals surface area contributed by atoms with Crippen molar-refractivity contribution in [3.05, 3.63) is 22.3 Å². The number of hydrogen-bond acceptors (Lipinski definition) is 5. The van der Waals surface area contributed by atoms with Crippen molar-refractivity contribution < 1.29 is 9.59 Å². The zero-order valence-electron chi connectivity index (χ0n) is 17.3. The van der Waals surface area contributed by atoms with Gasteiger partial charge in [0.15, 0.2) is 10.6 Å². The molecule has 0 radical (unpaired) electrons. The fourth-order valence-corrected chi connectivity index (χ4v) is 5.58. The Bertz CT molecular complexity index is 930. The van der Waals surface area contributed by atoms with E-state index in [0.29, 0.717) is 29.7 Å². The van der Waals surface area contributed by atoms with Crippen molar-refractivity contribution in [3.8, 4) is 10.7 Å². The average Bonchev–Trinajstić information content (AvgIpc) is 3.43. The molecule has 7 nitrogen and oxygen atoms in total. The summed E-state index contributed by atoms with van der Waals surface area (Å²) in [4.78, 5) is 28.9. The number of aromatic amines is 1. The lowest BCUT2D eigenvalue weighted by molar-refractivity contribution is -0.138. The molecule has 9 heteroatoms. The van der Waals surface area contributed by atoms with Crippen molar-refractivity contribution in [2.75, 3.05) is 13.1 Å². The number of H-pyrrole nitrogens is 1. The second-order valence-corrected chi connectivity index (χ2v) is 9.68. The van der Waals surface area contributed by atoms with E-state index in [1.165, 1.54) is 19.3 Å². The summed E-state index contributed by atoms with van der Waals surface area (Å²) in [7, 11) is 0. The number of thiophene rings is 1. The first kappa shape index (κ1) is 21.2. The highest BCUT2D eigenvalue weighted by Crippen LogP contribution is 2.28. The Hall–Kier alpha value is -2.00. The third kappa shape index (κ3) is 4.51. The molecule has 0 bridgehead atoms. The minimum atomic E-state index is -0.478. The van der Waals surface area contributed by atoms with E-state index >= 15 is 0 Å². The molecule has 4 rings (SSSR count). The Morgan fingerprint density at radius 3 is 2.80 bits per heavy atom. The molecule has 3 heterocycles. The topological polar surface area (TPSA) is 83.0 Å². The van der Waals surface area contributed by atoms with Crippen LogP contribution in [0.1, 0.15) is 57.9 Å². The van der Waals surface area contributed by atoms with E-state index in [0.717, 1.165) is 30.6 Å². The van der Waals surface area contributed by atoms with Gasteiger partial charge in [0, 0.05) is 19.1 Å². The molecule has 1 aliphatic heterocycles. The first-order chi connectivity index (χ1) is 14.5. The van der Waals surface area contributed by atoms with E-state index in [2.05, 4.69) is 15.5 Å². The van der Waals surface area contributed by atoms with Gasteiger partial charge in [-0.1, -0.05) is 25.3 Å². The number of nitrogens with one attached hydrogen (secondary N) is 2. The molecular weight excluding hydrogens is 418 g/mol. The van der Waals surface area contributed by atoms with E-state index in [1.807, 2.05) is 29.3 Å². The van der Waals surface area contributed by atoms with Crippen LogP contribution in [0.25, 0.3) is 10.7 Å². The number of rotatable bonds is 5. The highest BCUT2D eigenvalue weighted by atomic mass is 32.1. The Labute approximate surface area is 185 Å². The lowest BCUT2D eigenvalue weighted by Crippen LogP contribution is -2.49. The van der Waals surface area contributed by atoms with E-state index in [-0.39, 0.29) is 17.7 Å². The predicted octanol–water partition coefficient (Wildman–Crippen LogP) is 3.92. The molecule has 2 N–H and O–H groups in total. The Morgan fingerprint density at radius 2 is 2.07 bits per heavy atom. The van der Waals surface area contributed by atoms with Crippen LogP contribution in [-0.4, -0.2) is 50.6 Å². The standard InChI is InChI=1S/C21H29N5O2S2/c1-14(26-18(23-24-21(26)29)17-10-6-12-30-17)20(28)25-11-5-7-15(13-25)19(27)22-16-8-3-2-4-9-16/h6,10,12,14-16H,2-5,7-9,11,13H2,1H3,(H,22,27)(H,24,29). The van der Waals surface area contributed by atoms with Crippen LogP contribution in [0.2, 0.25) is 0 Å². The van der Waals surface area contributed by atoms with Gasteiger partial charge >= 0.3 is 0 Å². The second-order valence-electron chi connectivity index (χ2n) is 8.34. The van der Waals surface area contributed by atoms with Crippen molar-refractivity contribution in [1.29, 1.82) is 0 Å². The Kier molecular flexibility index (Phi) is 6.67. The zero-order valence-corrected chi connectivity index (χ0v) is 18.9. The van der Waals surface area contributed by atoms with Gasteiger partial charge in [-0.15, -0.1) is 11.3 Å². The number of likely N-dealkylation sites (tertiary alicyclic amines) is 1. The van der Waals surface area contributed by atoms with Gasteiger partial charge in [0.05, 0.1) is 10.8 Å². The molecule has 162 valence electrons. The molecule has 2 aromatic rings. The first-order valence-corrected chi connectivity index (χ1v) is 12.1. The number of aromatic nitrogens is 3. The van der Waals surface area contributed by atoms with Crippen molar-refractivity contribution in [1.82, 2.24) is 25.0 Å². The van der Waals surface area contributed by atoms with Crippen LogP contribution in [-0.2, 0) is 9.59 Å². The van der Waals surface area contributed by atoms with Crippen LogP contribution in [0.15, 0.2) is 17.5 Å². The van der Waals surface area contributed by atoms with Gasteiger partial charge in [0.25, 0.3) is 0 Å². The number of nitrogens with zero attached hydrogens (tertiary/aromatic N) is 3. The summed E-state index contributed by atoms with van der Waals surface area (Å²) in [6, 6.07) is 3.74. The summed E-state index contributed by atoms with van der Waals surface area (Å²) >= 11 is 6.98. The highest BCUT2D eigenvalue weighted by molar-refractivity contribution is 7.71. The van der Waals surface area contributed by atoms with Gasteiger partial charge in [-0.05, 0) is 56.3 Å². The summed E-state index contributed by atoms with van der Waals surface area (Å²) in [6.45, 7) is 3.01. The van der Waals surface area contributed by atoms with Crippen molar-refractivity contribution in [3.63, 3.8) is 0 Å². The third-order valence-electron chi connectivity index (χ3n) is 6.25. The molecule has 2 unspecified atom stereocenters. The van der Waals surface area contributed by atoms with Gasteiger partial charge in [0.2, 0.25) is 11.8 Å². The molecule has 2 amide bonds. The van der Waals surface area contributed by atoms with Crippen LogP contribution in [0, 0.1) is 10.7 Å². The molecule has 2 fully saturated rings. The maximum Gasteiger partial charge on any atom is 0.245 e. The molecule has 1 aliphatic carbocycles. The van der Waals surface area contributed by atoms with Gasteiger partial charge in [-0.3, -0.25) is 19.3 Å². The van der Waals surface area contributed by atoms with Gasteiger partial charge in [-0.2, -0.15) is 5.10 Å². The Morgan fingerprint density at radius 1 is 1.27 bits per heavy atom. The van der Waals surface area contributed by atoms with E-state index in [9.17, 15) is 9.59 Å². The molecular formula is C21H29N5O2S2. The number of piperidine rings is 1. The summed E-state index contributed by atoms with van der Waals surface area (Å²) < 4.78 is 2.22. The summed E-state index contributed by atoms with van der Waals surface area (Å²) in [6.07, 6.45) is 7.47. The van der Waals surface area contributed by atoms with Crippen molar-refractivity contribution in [2.45, 2.75) is 64.0 Å². The lowest BCUT2D eigenvalue weighted by atomic mass is 9.93. The van der Waals surface area contributed by atoms with E-state index < -0.39 is 6.04 Å². The number of carbonyl (C=O) groups is 2. The monoisotopic (exact) mass is 447 g/mol. The highest BCUT2D eigenvalue weighted by Gasteiger charge is 2.33. The third-order valence-corrected chi connectivity index (χ3v) is 7.40. The lowest BCUT2D eigenvalue weighted by Gasteiger charge is -2.35. The molecule has 1 saturated carbocycles. The smallest absolute Gasteiger partial charge is 0.245 e. The maximum absolute atomic E-state index is 13.3. The van der Waals surface area contributed by atoms with Crippen molar-refractivity contribution in [2.24, 2.45) is 5.92 Å². The van der Waals surface area contributed by atoms with E-state index in [4.69, 9.17) is 12.2 Å². The Balaban J connectivity index is 1.44. The largest absolute Gasteiger partial charge is 0.353 e. The molecule has 1 saturated heterocycles. The second kappa shape index (κ2) is 9.43. The van der Waals surface area contributed by atoms with E-state index in [1.54, 1.807) is 15.9 Å². The minimum absolute atomic E-state index is 0.0135. The summed E-state index contributed by atoms with van der Waals surface area (Å²) in [5, 5.41) is 12.4. The van der Waals surface area contributed by atoms with Crippen LogP contribution in [0.4, 0.5) is 0 Å². The fourth-order valence-electron chi connectivity index (χ4n) is 4.58. The van der Waals surface area contributed by atoms with Crippen molar-refractivity contribution >= 4 is 35.4 Å². The molecule has 0 aromatic carbocycles. The number of hydrogen-bond donors (Lipinski definition) is 2. The molecule has 2 aromatic heterocycles. The van der Waals surface area contributed by atoms with Crippen LogP contribution in [0.5, 0.6) is 0 Å². The quantitative estimate of drug-likeness (QED) is 0.681. The van der Waals surface area contributed by atoms with Crippen LogP contribution >= 0.6 is 23.6 Å². The molecule has 30 heavy (non-hydrogen) atoms. The SMILES string of the molecule is CC(C(=O)N1CCCC(C(=O)NC2CCCCC2)C1)n1c(-c2cccs2)n[nH]c1=S. The zero-order chi connectivity index (χ0) is 21.1. The molecule has 2 aliphatic rings. The number of amides is 2. The first-order valence-electron chi connectivity index (χ1n) is 10.8. The fraction of sp³-hybridized carbons (Fsp3) is 0.619. The van der Waals surface area contributed by atoms with Gasteiger partial charge in [-0.25, -0.2) is 0 Å². The number of carbonyl (C=O) groups excluding carboxylic acids is 2. The van der Waals surface area contributed by atoms with Gasteiger partial charge < -0.3 is 10.2 Å². The molecule has 2 atom stereocenters. The molecule has 0 spiro atoms. The predicted molar refractivity (Wildman–Crippen MR) is 120 cm³/mol. The minimum Gasteiger partial charge on any atom is -0.353 e. The van der Waals surface area contributed by atoms with Gasteiger partial charge in [0.1, 0.15) is 6.04 Å². The average molecular weight is 448 g/mol. The maximum atomic E-state index is 13.3. The van der Waals surface area contributed by atoms with Crippen LogP contribution < -0.4 is 5.32 Å². The normalized spacial score (nSPS) is 21.4. The summed E-state index contributed by atoms with van der Waals surface area (Å²) in [5.41, 5.74) is 0.